The van der Waals surface area contributed by atoms with Gasteiger partial charge in [-0.3, -0.25) is 0 Å². The van der Waals surface area contributed by atoms with Gasteiger partial charge in [0.2, 0.25) is 0 Å². The molecule has 0 aliphatic heterocycles. The van der Waals surface area contributed by atoms with E-state index >= 15 is 0 Å². The summed E-state index contributed by atoms with van der Waals surface area (Å²) in [6.07, 6.45) is 9.99. The van der Waals surface area contributed by atoms with Crippen molar-refractivity contribution >= 4 is 0 Å². The third kappa shape index (κ3) is 5.92. The second kappa shape index (κ2) is 11.5. The highest BCUT2D eigenvalue weighted by Gasteiger charge is 2.32. The summed E-state index contributed by atoms with van der Waals surface area (Å²) in [5, 5.41) is 0. The zero-order valence-corrected chi connectivity index (χ0v) is 11.7. The second-order valence-electron chi connectivity index (χ2n) is 5.07. The molecule has 0 heterocycles. The highest BCUT2D eigenvalue weighted by atomic mass is 14.4. The van der Waals surface area contributed by atoms with Gasteiger partial charge in [0.05, 0.1) is 0 Å². The summed E-state index contributed by atoms with van der Waals surface area (Å²) in [4.78, 5) is 0. The first kappa shape index (κ1) is 18.4. The number of rotatable bonds is 4. The summed E-state index contributed by atoms with van der Waals surface area (Å²) in [5.74, 6) is 3.20. The van der Waals surface area contributed by atoms with Crippen molar-refractivity contribution < 1.29 is 0 Å². The molecular formula is C16H36. The van der Waals surface area contributed by atoms with Gasteiger partial charge in [0.15, 0.2) is 0 Å². The van der Waals surface area contributed by atoms with Crippen molar-refractivity contribution in [3.63, 3.8) is 0 Å². The maximum Gasteiger partial charge on any atom is -0.0360 e. The average molecular weight is 228 g/mol. The Kier molecular flexibility index (Phi) is 13.2. The summed E-state index contributed by atoms with van der Waals surface area (Å²) in [5.41, 5.74) is 0. The largest absolute Gasteiger partial charge is 0.0776 e. The molecule has 0 aromatic rings. The van der Waals surface area contributed by atoms with Crippen LogP contribution < -0.4 is 0 Å². The van der Waals surface area contributed by atoms with Gasteiger partial charge >= 0.3 is 0 Å². The predicted molar refractivity (Wildman–Crippen MR) is 77.9 cm³/mol. The number of hydrogen-bond acceptors (Lipinski definition) is 0. The van der Waals surface area contributed by atoms with Gasteiger partial charge in [-0.15, -0.1) is 0 Å². The van der Waals surface area contributed by atoms with Crippen molar-refractivity contribution in [2.24, 2.45) is 17.8 Å². The summed E-state index contributed by atoms with van der Waals surface area (Å²) in [6.45, 7) is 11.3. The molecule has 0 aromatic carbocycles. The quantitative estimate of drug-likeness (QED) is 0.529. The van der Waals surface area contributed by atoms with Gasteiger partial charge < -0.3 is 0 Å². The molecule has 0 N–H and O–H groups in total. The Balaban J connectivity index is 0. The molecule has 0 saturated heterocycles. The van der Waals surface area contributed by atoms with Crippen LogP contribution in [-0.4, -0.2) is 0 Å². The molecule has 0 radical (unpaired) electrons. The van der Waals surface area contributed by atoms with Gasteiger partial charge in [0, 0.05) is 0 Å². The van der Waals surface area contributed by atoms with E-state index < -0.39 is 0 Å². The Morgan fingerprint density at radius 1 is 0.812 bits per heavy atom. The SMILES string of the molecule is C.CCC.CCCC1CCC(CC)C1CC. The molecule has 1 saturated carbocycles. The van der Waals surface area contributed by atoms with Crippen LogP contribution in [0, 0.1) is 17.8 Å². The highest BCUT2D eigenvalue weighted by molar-refractivity contribution is 4.82. The molecule has 1 aliphatic carbocycles. The predicted octanol–water partition coefficient (Wildman–Crippen LogP) is 6.30. The molecule has 0 bridgehead atoms. The minimum atomic E-state index is 0. The van der Waals surface area contributed by atoms with Gasteiger partial charge in [-0.1, -0.05) is 74.1 Å². The second-order valence-corrected chi connectivity index (χ2v) is 5.07. The Labute approximate surface area is 105 Å². The van der Waals surface area contributed by atoms with E-state index in [1.165, 1.54) is 44.9 Å². The third-order valence-electron chi connectivity index (χ3n) is 3.77. The van der Waals surface area contributed by atoms with Crippen LogP contribution in [0.15, 0.2) is 0 Å². The Morgan fingerprint density at radius 2 is 1.31 bits per heavy atom. The van der Waals surface area contributed by atoms with E-state index in [1.807, 2.05) is 0 Å². The smallest absolute Gasteiger partial charge is 0.0360 e. The van der Waals surface area contributed by atoms with Crippen LogP contribution in [0.2, 0.25) is 0 Å². The first-order valence-electron chi connectivity index (χ1n) is 7.24. The van der Waals surface area contributed by atoms with Crippen molar-refractivity contribution in [2.75, 3.05) is 0 Å². The van der Waals surface area contributed by atoms with Crippen molar-refractivity contribution in [2.45, 2.75) is 87.0 Å². The van der Waals surface area contributed by atoms with Crippen LogP contribution in [-0.2, 0) is 0 Å². The maximum atomic E-state index is 2.38. The molecule has 0 spiro atoms. The van der Waals surface area contributed by atoms with Crippen LogP contribution in [0.4, 0.5) is 0 Å². The number of hydrogen-bond donors (Lipinski definition) is 0. The zero-order chi connectivity index (χ0) is 11.7. The molecule has 1 aliphatic rings. The molecule has 3 atom stereocenters. The van der Waals surface area contributed by atoms with Crippen LogP contribution in [0.5, 0.6) is 0 Å². The molecule has 0 heteroatoms. The lowest BCUT2D eigenvalue weighted by Crippen LogP contribution is -2.13. The lowest BCUT2D eigenvalue weighted by molar-refractivity contribution is 0.281. The Hall–Kier alpha value is 0. The van der Waals surface area contributed by atoms with Gasteiger partial charge in [-0.05, 0) is 30.6 Å². The fraction of sp³-hybridized carbons (Fsp3) is 1.00. The zero-order valence-electron chi connectivity index (χ0n) is 11.7. The van der Waals surface area contributed by atoms with Crippen LogP contribution in [0.25, 0.3) is 0 Å². The van der Waals surface area contributed by atoms with Gasteiger partial charge in [-0.2, -0.15) is 0 Å². The van der Waals surface area contributed by atoms with Crippen LogP contribution in [0.1, 0.15) is 87.0 Å². The first-order chi connectivity index (χ1) is 7.24. The van der Waals surface area contributed by atoms with E-state index in [1.54, 1.807) is 0 Å². The van der Waals surface area contributed by atoms with E-state index in [2.05, 4.69) is 34.6 Å². The van der Waals surface area contributed by atoms with E-state index in [4.69, 9.17) is 0 Å². The Bertz CT molecular complexity index is 128. The molecule has 3 unspecified atom stereocenters. The fourth-order valence-electron chi connectivity index (χ4n) is 3.14. The topological polar surface area (TPSA) is 0 Å². The average Bonchev–Trinajstić information content (AvgIpc) is 2.62. The lowest BCUT2D eigenvalue weighted by atomic mass is 9.84. The Morgan fingerprint density at radius 3 is 1.69 bits per heavy atom. The summed E-state index contributed by atoms with van der Waals surface area (Å²) in [6, 6.07) is 0. The molecule has 100 valence electrons. The van der Waals surface area contributed by atoms with E-state index in [9.17, 15) is 0 Å². The maximum absolute atomic E-state index is 2.38. The van der Waals surface area contributed by atoms with Crippen molar-refractivity contribution in [1.29, 1.82) is 0 Å². The summed E-state index contributed by atoms with van der Waals surface area (Å²) < 4.78 is 0. The van der Waals surface area contributed by atoms with Gasteiger partial charge in [0.1, 0.15) is 0 Å². The normalized spacial score (nSPS) is 27.9. The van der Waals surface area contributed by atoms with Crippen molar-refractivity contribution in [3.05, 3.63) is 0 Å². The van der Waals surface area contributed by atoms with E-state index in [0.717, 1.165) is 17.8 Å². The first-order valence-corrected chi connectivity index (χ1v) is 7.24. The van der Waals surface area contributed by atoms with Crippen molar-refractivity contribution in [1.82, 2.24) is 0 Å². The van der Waals surface area contributed by atoms with Crippen LogP contribution >= 0.6 is 0 Å². The van der Waals surface area contributed by atoms with Crippen molar-refractivity contribution in [3.8, 4) is 0 Å². The fourth-order valence-corrected chi connectivity index (χ4v) is 3.14. The monoisotopic (exact) mass is 228 g/mol. The molecule has 1 fully saturated rings. The molecule has 0 nitrogen and oxygen atoms in total. The minimum absolute atomic E-state index is 0. The summed E-state index contributed by atoms with van der Waals surface area (Å²) in [7, 11) is 0. The lowest BCUT2D eigenvalue weighted by Gasteiger charge is -2.22. The van der Waals surface area contributed by atoms with Gasteiger partial charge in [-0.25, -0.2) is 0 Å². The van der Waals surface area contributed by atoms with Gasteiger partial charge in [0.25, 0.3) is 0 Å². The molecular weight excluding hydrogens is 192 g/mol. The summed E-state index contributed by atoms with van der Waals surface area (Å²) >= 11 is 0. The van der Waals surface area contributed by atoms with Crippen LogP contribution in [0.3, 0.4) is 0 Å². The highest BCUT2D eigenvalue weighted by Crippen LogP contribution is 2.42. The molecule has 16 heavy (non-hydrogen) atoms. The minimum Gasteiger partial charge on any atom is -0.0776 e. The standard InChI is InChI=1S/C12H24.C3H8.CH4/c1-4-7-11-9-8-10(5-2)12(11)6-3;1-3-2;/h10-12H,4-9H2,1-3H3;3H2,1-2H3;1H4. The van der Waals surface area contributed by atoms with E-state index in [0.29, 0.717) is 0 Å². The molecule has 1 rings (SSSR count). The van der Waals surface area contributed by atoms with E-state index in [-0.39, 0.29) is 7.43 Å². The third-order valence-corrected chi connectivity index (χ3v) is 3.77. The molecule has 0 amide bonds. The molecule has 0 aromatic heterocycles.